The molecule has 138 valence electrons. The van der Waals surface area contributed by atoms with Crippen LogP contribution in [0.2, 0.25) is 0 Å². The van der Waals surface area contributed by atoms with Crippen molar-refractivity contribution >= 4 is 11.9 Å². The largest absolute Gasteiger partial charge is 0.355 e. The molecule has 26 heavy (non-hydrogen) atoms. The first kappa shape index (κ1) is 18.2. The van der Waals surface area contributed by atoms with E-state index in [0.717, 1.165) is 44.6 Å². The van der Waals surface area contributed by atoms with Gasteiger partial charge in [0.05, 0.1) is 0 Å². The molecule has 0 spiro atoms. The van der Waals surface area contributed by atoms with E-state index in [0.29, 0.717) is 0 Å². The first-order valence-corrected chi connectivity index (χ1v) is 9.13. The van der Waals surface area contributed by atoms with Gasteiger partial charge in [-0.2, -0.15) is 0 Å². The van der Waals surface area contributed by atoms with Gasteiger partial charge in [-0.05, 0) is 11.6 Å². The molecule has 0 atom stereocenters. The highest BCUT2D eigenvalue weighted by Gasteiger charge is 2.24. The van der Waals surface area contributed by atoms with Gasteiger partial charge in [-0.3, -0.25) is 4.99 Å². The van der Waals surface area contributed by atoms with Crippen molar-refractivity contribution in [3.05, 3.63) is 54.4 Å². The molecule has 6 nitrogen and oxygen atoms in total. The maximum Gasteiger partial charge on any atom is 0.225 e. The van der Waals surface area contributed by atoms with Crippen LogP contribution in [0.15, 0.2) is 53.8 Å². The van der Waals surface area contributed by atoms with E-state index in [2.05, 4.69) is 74.3 Å². The maximum absolute atomic E-state index is 4.49. The molecule has 1 aromatic heterocycles. The number of nitrogens with one attached hydrogen (secondary N) is 1. The van der Waals surface area contributed by atoms with Crippen molar-refractivity contribution in [1.29, 1.82) is 0 Å². The van der Waals surface area contributed by atoms with E-state index in [9.17, 15) is 0 Å². The molecule has 1 fully saturated rings. The van der Waals surface area contributed by atoms with Gasteiger partial charge in [0.1, 0.15) is 0 Å². The van der Waals surface area contributed by atoms with Gasteiger partial charge in [-0.15, -0.1) is 0 Å². The number of anilines is 1. The summed E-state index contributed by atoms with van der Waals surface area (Å²) in [7, 11) is 1.85. The molecule has 0 aliphatic carbocycles. The van der Waals surface area contributed by atoms with Crippen LogP contribution in [0.4, 0.5) is 5.95 Å². The molecule has 0 radical (unpaired) electrons. The van der Waals surface area contributed by atoms with E-state index in [1.165, 1.54) is 5.56 Å². The predicted octanol–water partition coefficient (Wildman–Crippen LogP) is 2.15. The fourth-order valence-corrected chi connectivity index (χ4v) is 3.20. The van der Waals surface area contributed by atoms with Crippen LogP contribution in [0.5, 0.6) is 0 Å². The van der Waals surface area contributed by atoms with E-state index >= 15 is 0 Å². The molecular weight excluding hydrogens is 324 g/mol. The SMILES string of the molecule is CN=C(NCC(C)(C)c1ccccc1)N1CCN(c2ncccn2)CC1. The normalized spacial score (nSPS) is 15.9. The zero-order chi connectivity index (χ0) is 18.4. The van der Waals surface area contributed by atoms with E-state index in [-0.39, 0.29) is 5.41 Å². The highest BCUT2D eigenvalue weighted by atomic mass is 15.4. The van der Waals surface area contributed by atoms with E-state index in [1.54, 1.807) is 12.4 Å². The Morgan fingerprint density at radius 3 is 2.31 bits per heavy atom. The molecule has 0 bridgehead atoms. The van der Waals surface area contributed by atoms with Crippen LogP contribution < -0.4 is 10.2 Å². The van der Waals surface area contributed by atoms with Gasteiger partial charge < -0.3 is 15.1 Å². The number of aliphatic imine (C=N–C) groups is 1. The second-order valence-corrected chi connectivity index (χ2v) is 7.17. The maximum atomic E-state index is 4.49. The number of nitrogens with zero attached hydrogens (tertiary/aromatic N) is 5. The summed E-state index contributed by atoms with van der Waals surface area (Å²) < 4.78 is 0. The van der Waals surface area contributed by atoms with Gasteiger partial charge in [-0.1, -0.05) is 44.2 Å². The third kappa shape index (κ3) is 4.31. The summed E-state index contributed by atoms with van der Waals surface area (Å²) in [5.41, 5.74) is 1.37. The van der Waals surface area contributed by atoms with Crippen molar-refractivity contribution in [3.8, 4) is 0 Å². The lowest BCUT2D eigenvalue weighted by atomic mass is 9.85. The lowest BCUT2D eigenvalue weighted by molar-refractivity contribution is 0.364. The molecule has 2 heterocycles. The molecular formula is C20H28N6. The number of aromatic nitrogens is 2. The summed E-state index contributed by atoms with van der Waals surface area (Å²) in [5, 5.41) is 3.56. The van der Waals surface area contributed by atoms with E-state index < -0.39 is 0 Å². The monoisotopic (exact) mass is 352 g/mol. The summed E-state index contributed by atoms with van der Waals surface area (Å²) in [6.07, 6.45) is 3.59. The number of hydrogen-bond acceptors (Lipinski definition) is 4. The Hall–Kier alpha value is -2.63. The molecule has 1 saturated heterocycles. The smallest absolute Gasteiger partial charge is 0.225 e. The zero-order valence-electron chi connectivity index (χ0n) is 15.9. The lowest BCUT2D eigenvalue weighted by Gasteiger charge is -2.37. The molecule has 2 aromatic rings. The van der Waals surface area contributed by atoms with Crippen LogP contribution in [0.3, 0.4) is 0 Å². The van der Waals surface area contributed by atoms with Gasteiger partial charge in [0.2, 0.25) is 5.95 Å². The molecule has 1 aliphatic heterocycles. The third-order valence-electron chi connectivity index (χ3n) is 4.87. The number of benzene rings is 1. The Labute approximate surface area is 156 Å². The molecule has 0 unspecified atom stereocenters. The van der Waals surface area contributed by atoms with Gasteiger partial charge in [0, 0.05) is 57.6 Å². The second kappa shape index (κ2) is 8.17. The third-order valence-corrected chi connectivity index (χ3v) is 4.87. The Balaban J connectivity index is 1.55. The Bertz CT molecular complexity index is 706. The van der Waals surface area contributed by atoms with Crippen LogP contribution in [-0.4, -0.2) is 60.6 Å². The molecule has 0 amide bonds. The van der Waals surface area contributed by atoms with Crippen molar-refractivity contribution in [2.45, 2.75) is 19.3 Å². The second-order valence-electron chi connectivity index (χ2n) is 7.17. The first-order valence-electron chi connectivity index (χ1n) is 9.13. The van der Waals surface area contributed by atoms with Crippen LogP contribution in [0, 0.1) is 0 Å². The standard InChI is InChI=1S/C20H28N6/c1-20(2,17-8-5-4-6-9-17)16-24-18(21-3)25-12-14-26(15-13-25)19-22-10-7-11-23-19/h4-11H,12-16H2,1-3H3,(H,21,24). The number of guanidine groups is 1. The minimum absolute atomic E-state index is 0.0386. The fraction of sp³-hybridized carbons (Fsp3) is 0.450. The minimum Gasteiger partial charge on any atom is -0.355 e. The Kier molecular flexibility index (Phi) is 5.71. The predicted molar refractivity (Wildman–Crippen MR) is 107 cm³/mol. The first-order chi connectivity index (χ1) is 12.6. The van der Waals surface area contributed by atoms with Gasteiger partial charge in [0.25, 0.3) is 0 Å². The number of hydrogen-bond donors (Lipinski definition) is 1. The molecule has 0 saturated carbocycles. The highest BCUT2D eigenvalue weighted by molar-refractivity contribution is 5.80. The molecule has 6 heteroatoms. The zero-order valence-corrected chi connectivity index (χ0v) is 15.9. The average Bonchev–Trinajstić information content (AvgIpc) is 2.70. The van der Waals surface area contributed by atoms with Crippen molar-refractivity contribution < 1.29 is 0 Å². The average molecular weight is 352 g/mol. The summed E-state index contributed by atoms with van der Waals surface area (Å²) in [5.74, 6) is 1.77. The molecule has 1 aliphatic rings. The molecule has 1 N–H and O–H groups in total. The van der Waals surface area contributed by atoms with E-state index in [4.69, 9.17) is 0 Å². The summed E-state index contributed by atoms with van der Waals surface area (Å²) >= 11 is 0. The highest BCUT2D eigenvalue weighted by Crippen LogP contribution is 2.21. The van der Waals surface area contributed by atoms with Crippen molar-refractivity contribution in [1.82, 2.24) is 20.2 Å². The Morgan fingerprint density at radius 1 is 1.04 bits per heavy atom. The van der Waals surface area contributed by atoms with Crippen LogP contribution >= 0.6 is 0 Å². The topological polar surface area (TPSA) is 56.7 Å². The summed E-state index contributed by atoms with van der Waals surface area (Å²) in [6, 6.07) is 12.5. The van der Waals surface area contributed by atoms with Gasteiger partial charge >= 0.3 is 0 Å². The van der Waals surface area contributed by atoms with Crippen LogP contribution in [0.25, 0.3) is 0 Å². The van der Waals surface area contributed by atoms with Crippen LogP contribution in [0.1, 0.15) is 19.4 Å². The summed E-state index contributed by atoms with van der Waals surface area (Å²) in [6.45, 7) is 8.96. The lowest BCUT2D eigenvalue weighted by Crippen LogP contribution is -2.54. The van der Waals surface area contributed by atoms with Gasteiger partial charge in [0.15, 0.2) is 5.96 Å². The summed E-state index contributed by atoms with van der Waals surface area (Å²) in [4.78, 5) is 17.7. The quantitative estimate of drug-likeness (QED) is 0.675. The van der Waals surface area contributed by atoms with Crippen LogP contribution in [-0.2, 0) is 5.41 Å². The van der Waals surface area contributed by atoms with E-state index in [1.807, 2.05) is 13.1 Å². The van der Waals surface area contributed by atoms with Crippen molar-refractivity contribution in [2.75, 3.05) is 44.7 Å². The van der Waals surface area contributed by atoms with Crippen molar-refractivity contribution in [3.63, 3.8) is 0 Å². The fourth-order valence-electron chi connectivity index (χ4n) is 3.20. The number of piperazine rings is 1. The Morgan fingerprint density at radius 2 is 1.69 bits per heavy atom. The number of rotatable bonds is 4. The minimum atomic E-state index is 0.0386. The van der Waals surface area contributed by atoms with Gasteiger partial charge in [-0.25, -0.2) is 9.97 Å². The molecule has 1 aromatic carbocycles. The van der Waals surface area contributed by atoms with Crippen molar-refractivity contribution in [2.24, 2.45) is 4.99 Å². The molecule has 3 rings (SSSR count).